The van der Waals surface area contributed by atoms with E-state index in [1.807, 2.05) is 0 Å². The number of hydrogen-bond donors (Lipinski definition) is 1. The van der Waals surface area contributed by atoms with Crippen molar-refractivity contribution in [1.29, 1.82) is 0 Å². The van der Waals surface area contributed by atoms with Crippen LogP contribution in [0.1, 0.15) is 19.3 Å². The molecule has 1 aromatic heterocycles. The summed E-state index contributed by atoms with van der Waals surface area (Å²) in [6.45, 7) is 1.65. The fourth-order valence-electron chi connectivity index (χ4n) is 2.96. The highest BCUT2D eigenvalue weighted by atomic mass is 32.2. The molecule has 1 aromatic rings. The van der Waals surface area contributed by atoms with Gasteiger partial charge in [0.2, 0.25) is 0 Å². The smallest absolute Gasteiger partial charge is 0.262 e. The molecule has 2 bridgehead atoms. The highest BCUT2D eigenvalue weighted by Crippen LogP contribution is 2.33. The van der Waals surface area contributed by atoms with Gasteiger partial charge in [-0.05, 0) is 25.8 Å². The van der Waals surface area contributed by atoms with Gasteiger partial charge in [-0.2, -0.15) is 4.31 Å². The molecule has 0 unspecified atom stereocenters. The molecule has 18 heavy (non-hydrogen) atoms. The number of nitrogens with zero attached hydrogens (tertiary/aromatic N) is 3. The van der Waals surface area contributed by atoms with Crippen LogP contribution >= 0.6 is 0 Å². The summed E-state index contributed by atoms with van der Waals surface area (Å²) in [7, 11) is -1.66. The Labute approximate surface area is 107 Å². The molecule has 2 fully saturated rings. The summed E-state index contributed by atoms with van der Waals surface area (Å²) in [5.41, 5.74) is 0. The maximum atomic E-state index is 12.6. The van der Waals surface area contributed by atoms with E-state index in [1.165, 1.54) is 6.33 Å². The van der Waals surface area contributed by atoms with E-state index in [1.54, 1.807) is 22.1 Å². The van der Waals surface area contributed by atoms with Gasteiger partial charge in [-0.15, -0.1) is 0 Å². The topological polar surface area (TPSA) is 67.2 Å². The van der Waals surface area contributed by atoms with Crippen LogP contribution in [0.4, 0.5) is 0 Å². The molecule has 0 aromatic carbocycles. The highest BCUT2D eigenvalue weighted by Gasteiger charge is 2.43. The fraction of sp³-hybridized carbons (Fsp3) is 0.727. The molecule has 2 atom stereocenters. The third-order valence-electron chi connectivity index (χ3n) is 3.81. The molecule has 100 valence electrons. The second kappa shape index (κ2) is 4.32. The number of fused-ring (bicyclic) bond motifs is 2. The van der Waals surface area contributed by atoms with Crippen LogP contribution in [0, 0.1) is 0 Å². The van der Waals surface area contributed by atoms with Crippen molar-refractivity contribution in [3.05, 3.63) is 12.5 Å². The molecular weight excluding hydrogens is 252 g/mol. The Bertz CT molecular complexity index is 525. The highest BCUT2D eigenvalue weighted by molar-refractivity contribution is 7.89. The number of aryl methyl sites for hydroxylation is 1. The summed E-state index contributed by atoms with van der Waals surface area (Å²) in [6.07, 6.45) is 5.92. The minimum Gasteiger partial charge on any atom is -0.339 e. The molecule has 0 saturated carbocycles. The van der Waals surface area contributed by atoms with Crippen LogP contribution in [0.25, 0.3) is 0 Å². The lowest BCUT2D eigenvalue weighted by Crippen LogP contribution is -2.42. The molecule has 3 rings (SSSR count). The Kier molecular flexibility index (Phi) is 2.91. The molecule has 0 amide bonds. The Morgan fingerprint density at radius 2 is 2.11 bits per heavy atom. The zero-order chi connectivity index (χ0) is 12.8. The standard InChI is InChI=1S/C11H18N4O2S/c1-14-7-11(13-8-14)18(16,17)15-9-2-3-10(15)6-12-5-4-9/h7-10,12H,2-6H2,1H3/t9-,10+/m0/s1. The molecule has 0 spiro atoms. The van der Waals surface area contributed by atoms with Crippen molar-refractivity contribution in [1.82, 2.24) is 19.2 Å². The predicted octanol–water partition coefficient (Wildman–Crippen LogP) is -0.0649. The van der Waals surface area contributed by atoms with Gasteiger partial charge in [0.25, 0.3) is 10.0 Å². The first-order valence-electron chi connectivity index (χ1n) is 6.31. The fourth-order valence-corrected chi connectivity index (χ4v) is 4.83. The second-order valence-corrected chi connectivity index (χ2v) is 6.88. The number of sulfonamides is 1. The van der Waals surface area contributed by atoms with Crippen molar-refractivity contribution in [3.63, 3.8) is 0 Å². The SMILES string of the molecule is Cn1cnc(S(=O)(=O)N2[C@@H]3CCNC[C@H]2CC3)c1. The Morgan fingerprint density at radius 1 is 1.33 bits per heavy atom. The number of nitrogens with one attached hydrogen (secondary N) is 1. The lowest BCUT2D eigenvalue weighted by molar-refractivity contribution is 0.333. The van der Waals surface area contributed by atoms with Gasteiger partial charge in [0.1, 0.15) is 0 Å². The summed E-state index contributed by atoms with van der Waals surface area (Å²) in [6, 6.07) is 0.224. The normalized spacial score (nSPS) is 29.4. The predicted molar refractivity (Wildman–Crippen MR) is 66.5 cm³/mol. The van der Waals surface area contributed by atoms with Crippen molar-refractivity contribution >= 4 is 10.0 Å². The van der Waals surface area contributed by atoms with Crippen LogP contribution in [0.15, 0.2) is 17.6 Å². The number of rotatable bonds is 2. The van der Waals surface area contributed by atoms with Crippen molar-refractivity contribution in [2.45, 2.75) is 36.4 Å². The molecular formula is C11H18N4O2S. The summed E-state index contributed by atoms with van der Waals surface area (Å²) < 4.78 is 28.6. The lowest BCUT2D eigenvalue weighted by Gasteiger charge is -2.25. The largest absolute Gasteiger partial charge is 0.339 e. The van der Waals surface area contributed by atoms with E-state index in [0.717, 1.165) is 32.4 Å². The van der Waals surface area contributed by atoms with Gasteiger partial charge in [0.15, 0.2) is 5.03 Å². The lowest BCUT2D eigenvalue weighted by atomic mass is 10.1. The number of imidazole rings is 1. The van der Waals surface area contributed by atoms with Crippen molar-refractivity contribution in [2.75, 3.05) is 13.1 Å². The number of hydrogen-bond acceptors (Lipinski definition) is 4. The Morgan fingerprint density at radius 3 is 2.83 bits per heavy atom. The minimum absolute atomic E-state index is 0.0875. The zero-order valence-electron chi connectivity index (χ0n) is 10.4. The van der Waals surface area contributed by atoms with E-state index in [4.69, 9.17) is 0 Å². The summed E-state index contributed by atoms with van der Waals surface area (Å²) in [5, 5.41) is 3.48. The van der Waals surface area contributed by atoms with E-state index < -0.39 is 10.0 Å². The van der Waals surface area contributed by atoms with Gasteiger partial charge in [-0.3, -0.25) is 0 Å². The van der Waals surface area contributed by atoms with Crippen LogP contribution in [0.2, 0.25) is 0 Å². The van der Waals surface area contributed by atoms with E-state index in [9.17, 15) is 8.42 Å². The summed E-state index contributed by atoms with van der Waals surface area (Å²) in [5.74, 6) is 0. The third kappa shape index (κ3) is 1.86. The van der Waals surface area contributed by atoms with Gasteiger partial charge in [-0.25, -0.2) is 13.4 Å². The molecule has 7 heteroatoms. The second-order valence-electron chi connectivity index (χ2n) is 5.09. The molecule has 3 heterocycles. The van der Waals surface area contributed by atoms with Crippen molar-refractivity contribution in [3.8, 4) is 0 Å². The van der Waals surface area contributed by atoms with Crippen molar-refractivity contribution < 1.29 is 8.42 Å². The average Bonchev–Trinajstić information content (AvgIpc) is 2.82. The van der Waals surface area contributed by atoms with Gasteiger partial charge < -0.3 is 9.88 Å². The number of aromatic nitrogens is 2. The summed E-state index contributed by atoms with van der Waals surface area (Å²) >= 11 is 0. The summed E-state index contributed by atoms with van der Waals surface area (Å²) in [4.78, 5) is 4.00. The monoisotopic (exact) mass is 270 g/mol. The maximum Gasteiger partial charge on any atom is 0.262 e. The van der Waals surface area contributed by atoms with Crippen LogP contribution in [0.3, 0.4) is 0 Å². The average molecular weight is 270 g/mol. The first-order chi connectivity index (χ1) is 8.59. The first kappa shape index (κ1) is 12.1. The Hall–Kier alpha value is -0.920. The molecule has 2 saturated heterocycles. The molecule has 6 nitrogen and oxygen atoms in total. The van der Waals surface area contributed by atoms with Gasteiger partial charge >= 0.3 is 0 Å². The Balaban J connectivity index is 1.98. The van der Waals surface area contributed by atoms with Gasteiger partial charge in [-0.1, -0.05) is 0 Å². The van der Waals surface area contributed by atoms with E-state index in [0.29, 0.717) is 0 Å². The first-order valence-corrected chi connectivity index (χ1v) is 7.75. The van der Waals surface area contributed by atoms with Crippen LogP contribution in [-0.2, 0) is 17.1 Å². The van der Waals surface area contributed by atoms with Crippen LogP contribution in [-0.4, -0.2) is 47.4 Å². The molecule has 0 radical (unpaired) electrons. The molecule has 1 N–H and O–H groups in total. The van der Waals surface area contributed by atoms with Crippen LogP contribution < -0.4 is 5.32 Å². The van der Waals surface area contributed by atoms with E-state index in [2.05, 4.69) is 10.3 Å². The molecule has 2 aliphatic heterocycles. The third-order valence-corrected chi connectivity index (χ3v) is 5.70. The van der Waals surface area contributed by atoms with Crippen molar-refractivity contribution in [2.24, 2.45) is 7.05 Å². The van der Waals surface area contributed by atoms with Gasteiger partial charge in [0, 0.05) is 31.9 Å². The molecule has 0 aliphatic carbocycles. The van der Waals surface area contributed by atoms with E-state index >= 15 is 0 Å². The maximum absolute atomic E-state index is 12.6. The molecule has 2 aliphatic rings. The quantitative estimate of drug-likeness (QED) is 0.817. The zero-order valence-corrected chi connectivity index (χ0v) is 11.2. The van der Waals surface area contributed by atoms with Gasteiger partial charge in [0.05, 0.1) is 6.33 Å². The van der Waals surface area contributed by atoms with Crippen LogP contribution in [0.5, 0.6) is 0 Å². The minimum atomic E-state index is -3.44. The van der Waals surface area contributed by atoms with E-state index in [-0.39, 0.29) is 17.1 Å².